The van der Waals surface area contributed by atoms with Crippen molar-refractivity contribution in [2.45, 2.75) is 33.6 Å². The Labute approximate surface area is 117 Å². The molecule has 0 aliphatic rings. The molecule has 0 aliphatic heterocycles. The molecule has 0 atom stereocenters. The van der Waals surface area contributed by atoms with E-state index in [-0.39, 0.29) is 11.3 Å². The number of hydrogen-bond donors (Lipinski definition) is 3. The summed E-state index contributed by atoms with van der Waals surface area (Å²) in [6.07, 6.45) is 1.47. The first-order valence-electron chi connectivity index (χ1n) is 6.80. The quantitative estimate of drug-likeness (QED) is 0.523. The number of nitrogens with one attached hydrogen (secondary N) is 3. The first kappa shape index (κ1) is 17.8. The highest BCUT2D eigenvalue weighted by molar-refractivity contribution is 5.75. The SMILES string of the molecule is C=C(NC)NCCOCCNC(=O)CCC(C)(C)C. The van der Waals surface area contributed by atoms with Gasteiger partial charge in [-0.1, -0.05) is 27.4 Å². The second-order valence-corrected chi connectivity index (χ2v) is 5.68. The van der Waals surface area contributed by atoms with Crippen LogP contribution in [-0.2, 0) is 9.53 Å². The van der Waals surface area contributed by atoms with Crippen molar-refractivity contribution < 1.29 is 9.53 Å². The Morgan fingerprint density at radius 3 is 2.26 bits per heavy atom. The third-order valence-electron chi connectivity index (χ3n) is 2.56. The molecule has 19 heavy (non-hydrogen) atoms. The maximum atomic E-state index is 11.5. The summed E-state index contributed by atoms with van der Waals surface area (Å²) < 4.78 is 5.38. The molecule has 0 aliphatic carbocycles. The molecule has 0 saturated carbocycles. The minimum Gasteiger partial charge on any atom is -0.378 e. The van der Waals surface area contributed by atoms with E-state index in [1.807, 2.05) is 7.05 Å². The normalized spacial score (nSPS) is 10.9. The molecular weight excluding hydrogens is 242 g/mol. The van der Waals surface area contributed by atoms with Crippen molar-refractivity contribution in [3.63, 3.8) is 0 Å². The van der Waals surface area contributed by atoms with Crippen molar-refractivity contribution in [1.82, 2.24) is 16.0 Å². The first-order chi connectivity index (χ1) is 8.85. The third kappa shape index (κ3) is 13.0. The van der Waals surface area contributed by atoms with Gasteiger partial charge in [-0.3, -0.25) is 4.79 Å². The van der Waals surface area contributed by atoms with Crippen LogP contribution in [0.1, 0.15) is 33.6 Å². The number of rotatable bonds is 10. The van der Waals surface area contributed by atoms with Crippen LogP contribution in [0.2, 0.25) is 0 Å². The van der Waals surface area contributed by atoms with Gasteiger partial charge < -0.3 is 20.7 Å². The van der Waals surface area contributed by atoms with Crippen LogP contribution >= 0.6 is 0 Å². The molecule has 0 fully saturated rings. The average Bonchev–Trinajstić information content (AvgIpc) is 2.34. The Kier molecular flexibility index (Phi) is 9.04. The first-order valence-corrected chi connectivity index (χ1v) is 6.80. The molecule has 0 bridgehead atoms. The molecule has 5 nitrogen and oxygen atoms in total. The molecule has 0 radical (unpaired) electrons. The van der Waals surface area contributed by atoms with Gasteiger partial charge in [-0.05, 0) is 11.8 Å². The second-order valence-electron chi connectivity index (χ2n) is 5.68. The van der Waals surface area contributed by atoms with Gasteiger partial charge in [-0.25, -0.2) is 0 Å². The third-order valence-corrected chi connectivity index (χ3v) is 2.56. The Morgan fingerprint density at radius 1 is 1.16 bits per heavy atom. The zero-order valence-corrected chi connectivity index (χ0v) is 12.8. The van der Waals surface area contributed by atoms with Crippen LogP contribution in [-0.4, -0.2) is 39.3 Å². The van der Waals surface area contributed by atoms with Gasteiger partial charge in [0.2, 0.25) is 5.91 Å². The largest absolute Gasteiger partial charge is 0.378 e. The highest BCUT2D eigenvalue weighted by atomic mass is 16.5. The zero-order chi connectivity index (χ0) is 14.7. The van der Waals surface area contributed by atoms with Crippen LogP contribution in [0.15, 0.2) is 12.4 Å². The van der Waals surface area contributed by atoms with Crippen LogP contribution in [0.5, 0.6) is 0 Å². The predicted octanol–water partition coefficient (Wildman–Crippen LogP) is 1.23. The summed E-state index contributed by atoms with van der Waals surface area (Å²) in [4.78, 5) is 11.5. The maximum Gasteiger partial charge on any atom is 0.220 e. The average molecular weight is 271 g/mol. The molecule has 0 aromatic rings. The molecular formula is C14H29N3O2. The highest BCUT2D eigenvalue weighted by Gasteiger charge is 2.12. The van der Waals surface area contributed by atoms with Crippen molar-refractivity contribution in [3.05, 3.63) is 12.4 Å². The van der Waals surface area contributed by atoms with Gasteiger partial charge in [-0.15, -0.1) is 0 Å². The highest BCUT2D eigenvalue weighted by Crippen LogP contribution is 2.19. The second kappa shape index (κ2) is 9.67. The Balaban J connectivity index is 3.35. The van der Waals surface area contributed by atoms with E-state index in [1.54, 1.807) is 0 Å². The van der Waals surface area contributed by atoms with Crippen molar-refractivity contribution in [2.24, 2.45) is 5.41 Å². The van der Waals surface area contributed by atoms with Crippen molar-refractivity contribution in [2.75, 3.05) is 33.4 Å². The summed E-state index contributed by atoms with van der Waals surface area (Å²) in [5.41, 5.74) is 0.204. The molecule has 5 heteroatoms. The van der Waals surface area contributed by atoms with E-state index in [0.717, 1.165) is 12.2 Å². The van der Waals surface area contributed by atoms with Gasteiger partial charge in [0, 0.05) is 26.6 Å². The van der Waals surface area contributed by atoms with E-state index in [9.17, 15) is 4.79 Å². The lowest BCUT2D eigenvalue weighted by Gasteiger charge is -2.17. The number of carbonyl (C=O) groups excluding carboxylic acids is 1. The van der Waals surface area contributed by atoms with E-state index in [2.05, 4.69) is 43.3 Å². The lowest BCUT2D eigenvalue weighted by atomic mass is 9.90. The van der Waals surface area contributed by atoms with Gasteiger partial charge in [0.15, 0.2) is 0 Å². The fourth-order valence-corrected chi connectivity index (χ4v) is 1.30. The van der Waals surface area contributed by atoms with Crippen LogP contribution < -0.4 is 16.0 Å². The smallest absolute Gasteiger partial charge is 0.220 e. The van der Waals surface area contributed by atoms with Crippen molar-refractivity contribution >= 4 is 5.91 Å². The van der Waals surface area contributed by atoms with E-state index >= 15 is 0 Å². The molecule has 0 heterocycles. The Bertz CT molecular complexity index is 272. The molecule has 1 amide bonds. The lowest BCUT2D eigenvalue weighted by Crippen LogP contribution is -2.29. The van der Waals surface area contributed by atoms with Crippen LogP contribution in [0.3, 0.4) is 0 Å². The number of carbonyl (C=O) groups is 1. The zero-order valence-electron chi connectivity index (χ0n) is 12.8. The number of amides is 1. The van der Waals surface area contributed by atoms with E-state index < -0.39 is 0 Å². The van der Waals surface area contributed by atoms with Crippen molar-refractivity contribution in [1.29, 1.82) is 0 Å². The van der Waals surface area contributed by atoms with Gasteiger partial charge in [-0.2, -0.15) is 0 Å². The number of hydrogen-bond acceptors (Lipinski definition) is 4. The van der Waals surface area contributed by atoms with Gasteiger partial charge >= 0.3 is 0 Å². The molecule has 0 unspecified atom stereocenters. The van der Waals surface area contributed by atoms with E-state index in [1.165, 1.54) is 0 Å². The van der Waals surface area contributed by atoms with Gasteiger partial charge in [0.05, 0.1) is 19.0 Å². The number of ether oxygens (including phenoxy) is 1. The molecule has 112 valence electrons. The summed E-state index contributed by atoms with van der Waals surface area (Å²) >= 11 is 0. The summed E-state index contributed by atoms with van der Waals surface area (Å²) in [7, 11) is 1.81. The van der Waals surface area contributed by atoms with Crippen LogP contribution in [0.4, 0.5) is 0 Å². The molecule has 3 N–H and O–H groups in total. The topological polar surface area (TPSA) is 62.4 Å². The van der Waals surface area contributed by atoms with Crippen LogP contribution in [0, 0.1) is 5.41 Å². The lowest BCUT2D eigenvalue weighted by molar-refractivity contribution is -0.121. The Morgan fingerprint density at radius 2 is 1.74 bits per heavy atom. The summed E-state index contributed by atoms with van der Waals surface area (Å²) in [6, 6.07) is 0. The van der Waals surface area contributed by atoms with Crippen LogP contribution in [0.25, 0.3) is 0 Å². The fraction of sp³-hybridized carbons (Fsp3) is 0.786. The summed E-state index contributed by atoms with van der Waals surface area (Å²) in [6.45, 7) is 12.5. The summed E-state index contributed by atoms with van der Waals surface area (Å²) in [5.74, 6) is 0.874. The molecule has 0 saturated heterocycles. The molecule has 0 aromatic heterocycles. The van der Waals surface area contributed by atoms with Gasteiger partial charge in [0.1, 0.15) is 0 Å². The van der Waals surface area contributed by atoms with E-state index in [4.69, 9.17) is 4.74 Å². The Hall–Kier alpha value is -1.23. The van der Waals surface area contributed by atoms with Crippen molar-refractivity contribution in [3.8, 4) is 0 Å². The molecule has 0 aromatic carbocycles. The maximum absolute atomic E-state index is 11.5. The fourth-order valence-electron chi connectivity index (χ4n) is 1.30. The monoisotopic (exact) mass is 271 g/mol. The standard InChI is InChI=1S/C14H29N3O2/c1-12(15-5)16-8-10-19-11-9-17-13(18)6-7-14(2,3)4/h15-16H,1,6-11H2,2-5H3,(H,17,18). The minimum absolute atomic E-state index is 0.0974. The summed E-state index contributed by atoms with van der Waals surface area (Å²) in [5, 5.41) is 8.79. The van der Waals surface area contributed by atoms with E-state index in [0.29, 0.717) is 32.7 Å². The molecule has 0 rings (SSSR count). The minimum atomic E-state index is 0.0974. The van der Waals surface area contributed by atoms with Gasteiger partial charge in [0.25, 0.3) is 0 Å². The predicted molar refractivity (Wildman–Crippen MR) is 78.7 cm³/mol. The molecule has 0 spiro atoms.